The zero-order chi connectivity index (χ0) is 10.7. The summed E-state index contributed by atoms with van der Waals surface area (Å²) in [5, 5.41) is 3.40. The smallest absolute Gasteiger partial charge is 0.0544 e. The Balaban J connectivity index is 1.98. The van der Waals surface area contributed by atoms with Crippen molar-refractivity contribution in [3.8, 4) is 0 Å². The Kier molecular flexibility index (Phi) is 3.34. The van der Waals surface area contributed by atoms with Crippen LogP contribution in [0.2, 0.25) is 0 Å². The molecule has 2 heterocycles. The lowest BCUT2D eigenvalue weighted by atomic mass is 10.2. The fourth-order valence-electron chi connectivity index (χ4n) is 1.92. The number of nitrogens with one attached hydrogen (secondary N) is 1. The molecule has 1 aliphatic heterocycles. The van der Waals surface area contributed by atoms with Crippen LogP contribution in [0.1, 0.15) is 18.2 Å². The molecule has 3 nitrogen and oxygen atoms in total. The summed E-state index contributed by atoms with van der Waals surface area (Å²) >= 11 is 0. The van der Waals surface area contributed by atoms with E-state index in [4.69, 9.17) is 0 Å². The Bertz CT molecular complexity index is 307. The van der Waals surface area contributed by atoms with E-state index < -0.39 is 0 Å². The zero-order valence-corrected chi connectivity index (χ0v) is 9.53. The molecule has 1 N–H and O–H groups in total. The second-order valence-electron chi connectivity index (χ2n) is 4.35. The van der Waals surface area contributed by atoms with E-state index in [-0.39, 0.29) is 0 Å². The molecule has 1 aromatic rings. The highest BCUT2D eigenvalue weighted by Gasteiger charge is 2.17. The number of pyridine rings is 1. The molecule has 82 valence electrons. The second-order valence-corrected chi connectivity index (χ2v) is 4.35. The van der Waals surface area contributed by atoms with Crippen LogP contribution in [0.4, 0.5) is 0 Å². The van der Waals surface area contributed by atoms with Gasteiger partial charge in [-0.05, 0) is 25.5 Å². The fraction of sp³-hybridized carbons (Fsp3) is 0.583. The number of aryl methyl sites for hydroxylation is 1. The first-order valence-corrected chi connectivity index (χ1v) is 5.62. The number of nitrogens with zero attached hydrogens (tertiary/aromatic N) is 2. The van der Waals surface area contributed by atoms with Gasteiger partial charge < -0.3 is 5.32 Å². The molecular formula is C12H19N3. The largest absolute Gasteiger partial charge is 0.314 e. The van der Waals surface area contributed by atoms with Crippen molar-refractivity contribution in [3.63, 3.8) is 0 Å². The molecule has 1 fully saturated rings. The van der Waals surface area contributed by atoms with Gasteiger partial charge >= 0.3 is 0 Å². The Hall–Kier alpha value is -0.930. The first kappa shape index (κ1) is 10.6. The monoisotopic (exact) mass is 205 g/mol. The van der Waals surface area contributed by atoms with Crippen molar-refractivity contribution in [2.24, 2.45) is 0 Å². The van der Waals surface area contributed by atoms with Crippen LogP contribution in [-0.2, 0) is 6.54 Å². The minimum atomic E-state index is 0.613. The van der Waals surface area contributed by atoms with E-state index in [1.807, 2.05) is 6.20 Å². The predicted molar refractivity (Wildman–Crippen MR) is 61.7 cm³/mol. The maximum atomic E-state index is 4.44. The van der Waals surface area contributed by atoms with Gasteiger partial charge in [-0.15, -0.1) is 0 Å². The van der Waals surface area contributed by atoms with Crippen LogP contribution >= 0.6 is 0 Å². The summed E-state index contributed by atoms with van der Waals surface area (Å²) in [7, 11) is 0. The molecule has 0 radical (unpaired) electrons. The molecule has 3 heteroatoms. The molecule has 1 aromatic heterocycles. The Labute approximate surface area is 91.5 Å². The quantitative estimate of drug-likeness (QED) is 0.786. The van der Waals surface area contributed by atoms with Crippen molar-refractivity contribution in [1.29, 1.82) is 0 Å². The maximum Gasteiger partial charge on any atom is 0.0544 e. The molecule has 0 amide bonds. The summed E-state index contributed by atoms with van der Waals surface area (Å²) in [6, 6.07) is 4.88. The molecule has 0 bridgehead atoms. The van der Waals surface area contributed by atoms with Crippen LogP contribution in [0.25, 0.3) is 0 Å². The molecule has 0 saturated carbocycles. The van der Waals surface area contributed by atoms with Crippen LogP contribution in [0.15, 0.2) is 18.3 Å². The summed E-state index contributed by atoms with van der Waals surface area (Å²) in [4.78, 5) is 6.93. The third-order valence-electron chi connectivity index (χ3n) is 2.98. The highest BCUT2D eigenvalue weighted by Crippen LogP contribution is 2.08. The van der Waals surface area contributed by atoms with E-state index in [1.54, 1.807) is 0 Å². The van der Waals surface area contributed by atoms with Crippen molar-refractivity contribution in [2.45, 2.75) is 26.4 Å². The maximum absolute atomic E-state index is 4.44. The molecule has 1 atom stereocenters. The van der Waals surface area contributed by atoms with Gasteiger partial charge in [-0.2, -0.15) is 0 Å². The lowest BCUT2D eigenvalue weighted by Crippen LogP contribution is -2.49. The van der Waals surface area contributed by atoms with E-state index in [0.717, 1.165) is 26.2 Å². The summed E-state index contributed by atoms with van der Waals surface area (Å²) in [5.74, 6) is 0. The van der Waals surface area contributed by atoms with E-state index in [9.17, 15) is 0 Å². The topological polar surface area (TPSA) is 28.2 Å². The Morgan fingerprint density at radius 3 is 3.07 bits per heavy atom. The SMILES string of the molecule is Cc1ccc(CN2CCNC[C@@H]2C)nc1. The average Bonchev–Trinajstić information content (AvgIpc) is 2.25. The molecule has 2 rings (SSSR count). The number of rotatable bonds is 2. The highest BCUT2D eigenvalue weighted by atomic mass is 15.2. The standard InChI is InChI=1S/C12H19N3/c1-10-3-4-12(14-7-10)9-15-6-5-13-8-11(15)2/h3-4,7,11,13H,5-6,8-9H2,1-2H3/t11-/m0/s1. The Morgan fingerprint density at radius 1 is 1.53 bits per heavy atom. The highest BCUT2D eigenvalue weighted by molar-refractivity contribution is 5.12. The van der Waals surface area contributed by atoms with Gasteiger partial charge in [-0.3, -0.25) is 9.88 Å². The van der Waals surface area contributed by atoms with Gasteiger partial charge in [0.15, 0.2) is 0 Å². The van der Waals surface area contributed by atoms with Crippen molar-refractivity contribution < 1.29 is 0 Å². The predicted octanol–water partition coefficient (Wildman–Crippen LogP) is 1.18. The minimum absolute atomic E-state index is 0.613. The summed E-state index contributed by atoms with van der Waals surface area (Å²) in [5.41, 5.74) is 2.40. The second kappa shape index (κ2) is 4.73. The summed E-state index contributed by atoms with van der Waals surface area (Å²) < 4.78 is 0. The van der Waals surface area contributed by atoms with Crippen LogP contribution < -0.4 is 5.32 Å². The van der Waals surface area contributed by atoms with E-state index >= 15 is 0 Å². The third kappa shape index (κ3) is 2.76. The molecule has 0 unspecified atom stereocenters. The molecule has 0 aromatic carbocycles. The fourth-order valence-corrected chi connectivity index (χ4v) is 1.92. The number of aromatic nitrogens is 1. The first-order valence-electron chi connectivity index (χ1n) is 5.62. The van der Waals surface area contributed by atoms with Gasteiger partial charge in [0.25, 0.3) is 0 Å². The van der Waals surface area contributed by atoms with Crippen LogP contribution in [-0.4, -0.2) is 35.6 Å². The average molecular weight is 205 g/mol. The third-order valence-corrected chi connectivity index (χ3v) is 2.98. The Morgan fingerprint density at radius 2 is 2.40 bits per heavy atom. The lowest BCUT2D eigenvalue weighted by molar-refractivity contribution is 0.164. The molecule has 1 aliphatic rings. The summed E-state index contributed by atoms with van der Waals surface area (Å²) in [6.45, 7) is 8.62. The van der Waals surface area contributed by atoms with Gasteiger partial charge in [0, 0.05) is 38.4 Å². The molecule has 1 saturated heterocycles. The van der Waals surface area contributed by atoms with Gasteiger partial charge in [0.2, 0.25) is 0 Å². The van der Waals surface area contributed by atoms with E-state index in [2.05, 4.69) is 41.2 Å². The molecular weight excluding hydrogens is 186 g/mol. The van der Waals surface area contributed by atoms with Gasteiger partial charge in [0.05, 0.1) is 5.69 Å². The van der Waals surface area contributed by atoms with Crippen LogP contribution in [0.3, 0.4) is 0 Å². The number of hydrogen-bond donors (Lipinski definition) is 1. The van der Waals surface area contributed by atoms with E-state index in [0.29, 0.717) is 6.04 Å². The first-order chi connectivity index (χ1) is 7.25. The van der Waals surface area contributed by atoms with Crippen molar-refractivity contribution in [1.82, 2.24) is 15.2 Å². The zero-order valence-electron chi connectivity index (χ0n) is 9.53. The lowest BCUT2D eigenvalue weighted by Gasteiger charge is -2.33. The van der Waals surface area contributed by atoms with Gasteiger partial charge in [-0.25, -0.2) is 0 Å². The van der Waals surface area contributed by atoms with Crippen LogP contribution in [0, 0.1) is 6.92 Å². The van der Waals surface area contributed by atoms with E-state index in [1.165, 1.54) is 11.3 Å². The number of piperazine rings is 1. The molecule has 15 heavy (non-hydrogen) atoms. The van der Waals surface area contributed by atoms with Crippen LogP contribution in [0.5, 0.6) is 0 Å². The van der Waals surface area contributed by atoms with Gasteiger partial charge in [0.1, 0.15) is 0 Å². The van der Waals surface area contributed by atoms with Crippen molar-refractivity contribution in [3.05, 3.63) is 29.6 Å². The summed E-state index contributed by atoms with van der Waals surface area (Å²) in [6.07, 6.45) is 1.95. The molecule has 0 aliphatic carbocycles. The van der Waals surface area contributed by atoms with Crippen molar-refractivity contribution >= 4 is 0 Å². The normalized spacial score (nSPS) is 22.9. The molecule has 0 spiro atoms. The minimum Gasteiger partial charge on any atom is -0.314 e. The number of hydrogen-bond acceptors (Lipinski definition) is 3. The van der Waals surface area contributed by atoms with Gasteiger partial charge in [-0.1, -0.05) is 6.07 Å². The van der Waals surface area contributed by atoms with Crippen molar-refractivity contribution in [2.75, 3.05) is 19.6 Å².